The van der Waals surface area contributed by atoms with Crippen LogP contribution < -0.4 is 15.5 Å². The van der Waals surface area contributed by atoms with Gasteiger partial charge in [0.15, 0.2) is 5.82 Å². The molecule has 1 aromatic heterocycles. The van der Waals surface area contributed by atoms with Gasteiger partial charge in [-0.05, 0) is 42.0 Å². The number of hydrogen-bond donors (Lipinski definition) is 2. The van der Waals surface area contributed by atoms with Crippen LogP contribution in [0, 0.1) is 5.82 Å². The first-order chi connectivity index (χ1) is 14.1. The molecule has 0 radical (unpaired) electrons. The van der Waals surface area contributed by atoms with Crippen molar-refractivity contribution >= 4 is 23.4 Å². The number of carbonyl (C=O) groups is 1. The lowest BCUT2D eigenvalue weighted by molar-refractivity contribution is -0.116. The molecular formula is C20H20FN5O2S. The Hall–Kier alpha value is -3.07. The number of ether oxygens (including phenoxy) is 1. The number of benzene rings is 2. The molecule has 1 aliphatic heterocycles. The van der Waals surface area contributed by atoms with Gasteiger partial charge in [-0.3, -0.25) is 4.79 Å². The molecule has 2 aromatic carbocycles. The van der Waals surface area contributed by atoms with Gasteiger partial charge in [0.2, 0.25) is 11.1 Å². The predicted molar refractivity (Wildman–Crippen MR) is 109 cm³/mol. The summed E-state index contributed by atoms with van der Waals surface area (Å²) in [6.45, 7) is 1.99. The van der Waals surface area contributed by atoms with Crippen LogP contribution in [-0.4, -0.2) is 33.1 Å². The van der Waals surface area contributed by atoms with E-state index in [1.165, 1.54) is 23.9 Å². The van der Waals surface area contributed by atoms with Crippen LogP contribution in [0.3, 0.4) is 0 Å². The molecule has 0 aliphatic carbocycles. The summed E-state index contributed by atoms with van der Waals surface area (Å²) >= 11 is 1.33. The van der Waals surface area contributed by atoms with E-state index in [2.05, 4.69) is 20.9 Å². The number of nitrogens with one attached hydrogen (secondary N) is 2. The van der Waals surface area contributed by atoms with Crippen molar-refractivity contribution in [3.05, 3.63) is 65.7 Å². The Kier molecular flexibility index (Phi) is 5.39. The molecule has 2 N–H and O–H groups in total. The number of halogens is 1. The van der Waals surface area contributed by atoms with Crippen LogP contribution in [0.4, 0.5) is 10.1 Å². The lowest BCUT2D eigenvalue weighted by Crippen LogP contribution is -2.41. The van der Waals surface area contributed by atoms with Gasteiger partial charge in [0, 0.05) is 12.1 Å². The summed E-state index contributed by atoms with van der Waals surface area (Å²) in [5, 5.41) is 11.4. The lowest BCUT2D eigenvalue weighted by atomic mass is 10.0. The summed E-state index contributed by atoms with van der Waals surface area (Å²) in [5.41, 5.74) is 4.80. The minimum absolute atomic E-state index is 0.186. The molecule has 3 aromatic rings. The summed E-state index contributed by atoms with van der Waals surface area (Å²) in [6, 6.07) is 12.9. The molecule has 1 amide bonds. The fraction of sp³-hybridized carbons (Fsp3) is 0.250. The average molecular weight is 413 g/mol. The van der Waals surface area contributed by atoms with Gasteiger partial charge in [0.05, 0.1) is 13.2 Å². The van der Waals surface area contributed by atoms with E-state index >= 15 is 0 Å². The number of carbonyl (C=O) groups excluding carboxylic acids is 1. The highest BCUT2D eigenvalue weighted by Crippen LogP contribution is 2.37. The van der Waals surface area contributed by atoms with Gasteiger partial charge < -0.3 is 15.5 Å². The molecule has 9 heteroatoms. The van der Waals surface area contributed by atoms with Crippen LogP contribution in [0.5, 0.6) is 5.75 Å². The summed E-state index contributed by atoms with van der Waals surface area (Å²) < 4.78 is 20.4. The Morgan fingerprint density at radius 3 is 2.59 bits per heavy atom. The molecule has 150 valence electrons. The Balaban J connectivity index is 1.63. The van der Waals surface area contributed by atoms with Crippen molar-refractivity contribution in [2.45, 2.75) is 29.8 Å². The molecule has 0 fully saturated rings. The van der Waals surface area contributed by atoms with E-state index in [4.69, 9.17) is 4.74 Å². The average Bonchev–Trinajstić information content (AvgIpc) is 3.16. The van der Waals surface area contributed by atoms with Crippen molar-refractivity contribution in [3.8, 4) is 5.75 Å². The van der Waals surface area contributed by atoms with Crippen LogP contribution in [0.2, 0.25) is 0 Å². The van der Waals surface area contributed by atoms with Gasteiger partial charge in [-0.15, -0.1) is 10.2 Å². The van der Waals surface area contributed by atoms with Gasteiger partial charge in [-0.25, -0.2) is 9.07 Å². The Morgan fingerprint density at radius 1 is 1.21 bits per heavy atom. The standard InChI is InChI=1S/C20H20FN5O2S/c1-3-16-23-24-20-26(16)25-17(12-4-6-13(21)7-5-12)18(29-20)19(27)22-14-8-10-15(28-2)11-9-14/h4-11,17-18,25H,3H2,1-2H3,(H,22,27)/t17-,18+/m0/s1. The number of thioether (sulfide) groups is 1. The number of methoxy groups -OCH3 is 1. The molecule has 2 heterocycles. The van der Waals surface area contributed by atoms with Crippen molar-refractivity contribution in [1.82, 2.24) is 14.9 Å². The van der Waals surface area contributed by atoms with E-state index in [1.54, 1.807) is 48.2 Å². The second kappa shape index (κ2) is 8.12. The highest BCUT2D eigenvalue weighted by atomic mass is 32.2. The van der Waals surface area contributed by atoms with E-state index in [9.17, 15) is 9.18 Å². The minimum atomic E-state index is -0.524. The molecular weight excluding hydrogens is 393 g/mol. The summed E-state index contributed by atoms with van der Waals surface area (Å²) in [5.74, 6) is 0.972. The molecule has 1 aliphatic rings. The molecule has 4 rings (SSSR count). The number of fused-ring (bicyclic) bond motifs is 1. The smallest absolute Gasteiger partial charge is 0.240 e. The highest BCUT2D eigenvalue weighted by molar-refractivity contribution is 8.00. The van der Waals surface area contributed by atoms with Crippen molar-refractivity contribution in [2.24, 2.45) is 0 Å². The van der Waals surface area contributed by atoms with E-state index in [1.807, 2.05) is 6.92 Å². The molecule has 7 nitrogen and oxygen atoms in total. The summed E-state index contributed by atoms with van der Waals surface area (Å²) in [7, 11) is 1.59. The highest BCUT2D eigenvalue weighted by Gasteiger charge is 2.37. The first-order valence-electron chi connectivity index (χ1n) is 9.17. The van der Waals surface area contributed by atoms with Crippen LogP contribution in [0.25, 0.3) is 0 Å². The second-order valence-corrected chi connectivity index (χ2v) is 7.61. The lowest BCUT2D eigenvalue weighted by Gasteiger charge is -2.33. The van der Waals surface area contributed by atoms with Crippen LogP contribution in [0.15, 0.2) is 53.7 Å². The van der Waals surface area contributed by atoms with Crippen LogP contribution in [0.1, 0.15) is 24.4 Å². The maximum atomic E-state index is 13.4. The zero-order chi connectivity index (χ0) is 20.4. The molecule has 2 atom stereocenters. The van der Waals surface area contributed by atoms with Crippen LogP contribution in [-0.2, 0) is 11.2 Å². The van der Waals surface area contributed by atoms with E-state index in [0.29, 0.717) is 23.0 Å². The fourth-order valence-electron chi connectivity index (χ4n) is 3.14. The van der Waals surface area contributed by atoms with Crippen molar-refractivity contribution in [3.63, 3.8) is 0 Å². The Bertz CT molecular complexity index is 1010. The molecule has 0 saturated carbocycles. The van der Waals surface area contributed by atoms with Crippen molar-refractivity contribution < 1.29 is 13.9 Å². The van der Waals surface area contributed by atoms with E-state index < -0.39 is 5.25 Å². The number of nitrogens with zero attached hydrogens (tertiary/aromatic N) is 3. The number of hydrogen-bond acceptors (Lipinski definition) is 6. The minimum Gasteiger partial charge on any atom is -0.497 e. The maximum Gasteiger partial charge on any atom is 0.240 e. The van der Waals surface area contributed by atoms with Gasteiger partial charge in [0.1, 0.15) is 16.8 Å². The Labute approximate surface area is 171 Å². The van der Waals surface area contributed by atoms with Gasteiger partial charge in [-0.1, -0.05) is 30.8 Å². The number of anilines is 1. The zero-order valence-corrected chi connectivity index (χ0v) is 16.7. The monoisotopic (exact) mass is 413 g/mol. The zero-order valence-electron chi connectivity index (χ0n) is 15.9. The first kappa shape index (κ1) is 19.3. The molecule has 0 bridgehead atoms. The van der Waals surface area contributed by atoms with Crippen molar-refractivity contribution in [2.75, 3.05) is 17.9 Å². The third-order valence-electron chi connectivity index (χ3n) is 4.67. The topological polar surface area (TPSA) is 81.1 Å². The van der Waals surface area contributed by atoms with Gasteiger partial charge in [0.25, 0.3) is 0 Å². The Morgan fingerprint density at radius 2 is 1.93 bits per heavy atom. The number of aryl methyl sites for hydroxylation is 1. The third-order valence-corrected chi connectivity index (χ3v) is 5.88. The molecule has 29 heavy (non-hydrogen) atoms. The molecule has 0 saturated heterocycles. The number of rotatable bonds is 5. The largest absolute Gasteiger partial charge is 0.497 e. The van der Waals surface area contributed by atoms with Gasteiger partial charge in [-0.2, -0.15) is 0 Å². The second-order valence-electron chi connectivity index (χ2n) is 6.50. The number of aromatic nitrogens is 3. The normalized spacial score (nSPS) is 17.9. The van der Waals surface area contributed by atoms with Gasteiger partial charge >= 0.3 is 0 Å². The summed E-state index contributed by atoms with van der Waals surface area (Å²) in [6.07, 6.45) is 0.694. The van der Waals surface area contributed by atoms with E-state index in [0.717, 1.165) is 11.4 Å². The quantitative estimate of drug-likeness (QED) is 0.667. The molecule has 0 unspecified atom stereocenters. The van der Waals surface area contributed by atoms with E-state index in [-0.39, 0.29) is 17.8 Å². The van der Waals surface area contributed by atoms with Crippen molar-refractivity contribution in [1.29, 1.82) is 0 Å². The SMILES string of the molecule is CCc1nnc2n1N[C@@H](c1ccc(F)cc1)[C@H](C(=O)Nc1ccc(OC)cc1)S2. The maximum absolute atomic E-state index is 13.4. The molecule has 0 spiro atoms. The first-order valence-corrected chi connectivity index (χ1v) is 10.0. The third kappa shape index (κ3) is 3.91. The number of amides is 1. The summed E-state index contributed by atoms with van der Waals surface area (Å²) in [4.78, 5) is 13.1. The van der Waals surface area contributed by atoms with Crippen LogP contribution >= 0.6 is 11.8 Å². The predicted octanol–water partition coefficient (Wildman–Crippen LogP) is 3.39. The fourth-order valence-corrected chi connectivity index (χ4v) is 4.23.